The third-order valence-corrected chi connectivity index (χ3v) is 3.81. The van der Waals surface area contributed by atoms with Crippen molar-refractivity contribution in [2.24, 2.45) is 5.92 Å². The Morgan fingerprint density at radius 1 is 1.35 bits per heavy atom. The number of benzene rings is 1. The molecule has 2 atom stereocenters. The maximum Gasteiger partial charge on any atom is 0.237 e. The summed E-state index contributed by atoms with van der Waals surface area (Å²) >= 11 is 3.34. The monoisotopic (exact) mass is 317 g/mol. The molecule has 1 saturated carbocycles. The number of carbonyl (C=O) groups is 1. The number of hydrogen-bond acceptors (Lipinski definition) is 3. The number of hydrogen-bond donors (Lipinski definition) is 1. The Kier molecular flexibility index (Phi) is 3.27. The van der Waals surface area contributed by atoms with Crippen LogP contribution in [0.15, 0.2) is 28.7 Å². The van der Waals surface area contributed by atoms with Gasteiger partial charge in [-0.3, -0.25) is 9.52 Å². The first kappa shape index (κ1) is 12.6. The van der Waals surface area contributed by atoms with Crippen LogP contribution in [-0.2, 0) is 14.8 Å². The molecule has 0 heterocycles. The zero-order valence-electron chi connectivity index (χ0n) is 9.18. The van der Waals surface area contributed by atoms with Crippen molar-refractivity contribution in [2.45, 2.75) is 12.3 Å². The molecule has 1 aromatic rings. The van der Waals surface area contributed by atoms with Crippen LogP contribution < -0.4 is 4.72 Å². The molecule has 0 spiro atoms. The quantitative estimate of drug-likeness (QED) is 0.921. The van der Waals surface area contributed by atoms with Crippen LogP contribution >= 0.6 is 15.9 Å². The van der Waals surface area contributed by atoms with Gasteiger partial charge in [0, 0.05) is 10.4 Å². The summed E-state index contributed by atoms with van der Waals surface area (Å²) in [5.74, 6) is -0.476. The Balaban J connectivity index is 2.01. The van der Waals surface area contributed by atoms with Gasteiger partial charge in [0.25, 0.3) is 0 Å². The number of sulfonamides is 1. The van der Waals surface area contributed by atoms with Crippen LogP contribution in [0, 0.1) is 5.92 Å². The molecule has 1 fully saturated rings. The van der Waals surface area contributed by atoms with E-state index in [0.717, 1.165) is 16.3 Å². The van der Waals surface area contributed by atoms with Gasteiger partial charge in [-0.25, -0.2) is 8.42 Å². The summed E-state index contributed by atoms with van der Waals surface area (Å²) in [5, 5.41) is 0. The van der Waals surface area contributed by atoms with E-state index in [1.807, 2.05) is 29.0 Å². The first-order chi connectivity index (χ1) is 7.87. The largest absolute Gasteiger partial charge is 0.274 e. The summed E-state index contributed by atoms with van der Waals surface area (Å²) in [6.45, 7) is 0. The molecule has 1 aliphatic rings. The maximum absolute atomic E-state index is 11.6. The van der Waals surface area contributed by atoms with Gasteiger partial charge < -0.3 is 0 Å². The lowest BCUT2D eigenvalue weighted by Crippen LogP contribution is -2.30. The van der Waals surface area contributed by atoms with Crippen molar-refractivity contribution in [1.29, 1.82) is 0 Å². The molecular formula is C11H12BrNO3S. The fourth-order valence-corrected chi connectivity index (χ4v) is 2.60. The van der Waals surface area contributed by atoms with E-state index in [1.165, 1.54) is 0 Å². The third kappa shape index (κ3) is 3.29. The summed E-state index contributed by atoms with van der Waals surface area (Å²) in [5.41, 5.74) is 1.07. The molecule has 2 rings (SSSR count). The highest BCUT2D eigenvalue weighted by atomic mass is 79.9. The smallest absolute Gasteiger partial charge is 0.237 e. The van der Waals surface area contributed by atoms with Gasteiger partial charge in [-0.1, -0.05) is 28.1 Å². The van der Waals surface area contributed by atoms with Crippen LogP contribution in [0.4, 0.5) is 0 Å². The molecule has 4 nitrogen and oxygen atoms in total. The van der Waals surface area contributed by atoms with Crippen LogP contribution in [0.3, 0.4) is 0 Å². The van der Waals surface area contributed by atoms with Crippen molar-refractivity contribution >= 4 is 31.9 Å². The first-order valence-electron chi connectivity index (χ1n) is 5.14. The molecule has 1 aromatic carbocycles. The molecule has 92 valence electrons. The Labute approximate surface area is 109 Å². The van der Waals surface area contributed by atoms with Gasteiger partial charge in [0.15, 0.2) is 0 Å². The minimum Gasteiger partial charge on any atom is -0.274 e. The Bertz CT molecular complexity index is 538. The molecule has 0 unspecified atom stereocenters. The lowest BCUT2D eigenvalue weighted by Gasteiger charge is -2.02. The number of halogens is 1. The molecule has 1 N–H and O–H groups in total. The predicted molar refractivity (Wildman–Crippen MR) is 68.0 cm³/mol. The van der Waals surface area contributed by atoms with Crippen LogP contribution in [0.2, 0.25) is 0 Å². The molecule has 0 bridgehead atoms. The second-order valence-electron chi connectivity index (χ2n) is 4.24. The Morgan fingerprint density at radius 3 is 2.47 bits per heavy atom. The van der Waals surface area contributed by atoms with E-state index in [0.29, 0.717) is 6.42 Å². The normalized spacial score (nSPS) is 23.2. The zero-order valence-corrected chi connectivity index (χ0v) is 11.6. The van der Waals surface area contributed by atoms with E-state index in [4.69, 9.17) is 0 Å². The number of nitrogens with one attached hydrogen (secondary N) is 1. The van der Waals surface area contributed by atoms with Crippen LogP contribution in [-0.4, -0.2) is 20.6 Å². The second kappa shape index (κ2) is 4.42. The fraction of sp³-hybridized carbons (Fsp3) is 0.364. The highest BCUT2D eigenvalue weighted by Gasteiger charge is 2.44. The summed E-state index contributed by atoms with van der Waals surface area (Å²) in [6, 6.07) is 7.73. The molecule has 6 heteroatoms. The molecule has 0 saturated heterocycles. The minimum atomic E-state index is -3.45. The van der Waals surface area contributed by atoms with E-state index in [9.17, 15) is 13.2 Å². The van der Waals surface area contributed by atoms with E-state index >= 15 is 0 Å². The molecule has 1 aliphatic carbocycles. The lowest BCUT2D eigenvalue weighted by molar-refractivity contribution is -0.120. The molecule has 0 aromatic heterocycles. The van der Waals surface area contributed by atoms with Gasteiger partial charge in [-0.15, -0.1) is 0 Å². The van der Waals surface area contributed by atoms with Crippen molar-refractivity contribution in [3.63, 3.8) is 0 Å². The summed E-state index contributed by atoms with van der Waals surface area (Å²) in [4.78, 5) is 11.6. The average Bonchev–Trinajstić information content (AvgIpc) is 2.96. The summed E-state index contributed by atoms with van der Waals surface area (Å²) < 4.78 is 24.8. The van der Waals surface area contributed by atoms with Gasteiger partial charge in [-0.05, 0) is 30.0 Å². The van der Waals surface area contributed by atoms with Crippen molar-refractivity contribution in [3.8, 4) is 0 Å². The number of carbonyl (C=O) groups excluding carboxylic acids is 1. The first-order valence-corrected chi connectivity index (χ1v) is 7.82. The molecule has 17 heavy (non-hydrogen) atoms. The second-order valence-corrected chi connectivity index (χ2v) is 6.90. The Hall–Kier alpha value is -0.880. The standard InChI is InChI=1S/C11H12BrNO3S/c1-17(15,16)13-11(14)10-6-9(10)7-2-4-8(12)5-3-7/h2-5,9-10H,6H2,1H3,(H,13,14)/t9-,10-/m0/s1. The molecule has 0 aliphatic heterocycles. The third-order valence-electron chi connectivity index (χ3n) is 2.71. The fourth-order valence-electron chi connectivity index (χ4n) is 1.82. The van der Waals surface area contributed by atoms with Crippen molar-refractivity contribution < 1.29 is 13.2 Å². The summed E-state index contributed by atoms with van der Waals surface area (Å²) in [6.07, 6.45) is 1.70. The van der Waals surface area contributed by atoms with Crippen LogP contribution in [0.25, 0.3) is 0 Å². The van der Waals surface area contributed by atoms with E-state index < -0.39 is 15.9 Å². The van der Waals surface area contributed by atoms with E-state index in [1.54, 1.807) is 0 Å². The SMILES string of the molecule is CS(=O)(=O)NC(=O)[C@H]1C[C@H]1c1ccc(Br)cc1. The van der Waals surface area contributed by atoms with Crippen molar-refractivity contribution in [1.82, 2.24) is 4.72 Å². The van der Waals surface area contributed by atoms with E-state index in [2.05, 4.69) is 15.9 Å². The minimum absolute atomic E-state index is 0.143. The highest BCUT2D eigenvalue weighted by molar-refractivity contribution is 9.10. The zero-order chi connectivity index (χ0) is 12.6. The number of rotatable bonds is 3. The average molecular weight is 318 g/mol. The Morgan fingerprint density at radius 2 is 1.94 bits per heavy atom. The van der Waals surface area contributed by atoms with Crippen LogP contribution in [0.1, 0.15) is 17.9 Å². The van der Waals surface area contributed by atoms with E-state index in [-0.39, 0.29) is 11.8 Å². The lowest BCUT2D eigenvalue weighted by atomic mass is 10.1. The van der Waals surface area contributed by atoms with Gasteiger partial charge in [0.2, 0.25) is 15.9 Å². The maximum atomic E-state index is 11.6. The topological polar surface area (TPSA) is 63.2 Å². The van der Waals surface area contributed by atoms with Gasteiger partial charge >= 0.3 is 0 Å². The predicted octanol–water partition coefficient (Wildman–Crippen LogP) is 1.63. The molecule has 0 radical (unpaired) electrons. The molecule has 1 amide bonds. The van der Waals surface area contributed by atoms with Gasteiger partial charge in [0.05, 0.1) is 6.26 Å². The molecular weight excluding hydrogens is 306 g/mol. The summed E-state index contributed by atoms with van der Waals surface area (Å²) in [7, 11) is -3.45. The highest BCUT2D eigenvalue weighted by Crippen LogP contribution is 2.47. The van der Waals surface area contributed by atoms with Gasteiger partial charge in [0.1, 0.15) is 0 Å². The number of amides is 1. The van der Waals surface area contributed by atoms with Gasteiger partial charge in [-0.2, -0.15) is 0 Å². The van der Waals surface area contributed by atoms with Crippen molar-refractivity contribution in [3.05, 3.63) is 34.3 Å². The van der Waals surface area contributed by atoms with Crippen LogP contribution in [0.5, 0.6) is 0 Å². The van der Waals surface area contributed by atoms with Crippen molar-refractivity contribution in [2.75, 3.05) is 6.26 Å².